The van der Waals surface area contributed by atoms with Gasteiger partial charge in [-0.25, -0.2) is 4.39 Å². The standard InChI is InChI=1S/C22H24FNO3/c23-18-6-2-5-17(13-18)22(25)24(19-9-10-19)14-16-4-1-7-20(12-16)27-15-21-8-3-11-26-21/h1-2,4-7,12-13,19,21H,3,8-11,14-15H2/t21-/m0/s1. The maximum absolute atomic E-state index is 13.5. The van der Waals surface area contributed by atoms with E-state index in [0.29, 0.717) is 18.7 Å². The van der Waals surface area contributed by atoms with Crippen LogP contribution >= 0.6 is 0 Å². The van der Waals surface area contributed by atoms with Crippen LogP contribution in [0.4, 0.5) is 4.39 Å². The molecule has 0 spiro atoms. The van der Waals surface area contributed by atoms with Crippen molar-refractivity contribution in [2.45, 2.75) is 44.4 Å². The molecule has 0 aromatic heterocycles. The van der Waals surface area contributed by atoms with Gasteiger partial charge in [0.2, 0.25) is 0 Å². The van der Waals surface area contributed by atoms with Gasteiger partial charge in [-0.15, -0.1) is 0 Å². The Morgan fingerprint density at radius 3 is 2.74 bits per heavy atom. The molecular formula is C22H24FNO3. The molecule has 2 aliphatic rings. The van der Waals surface area contributed by atoms with Crippen LogP contribution in [0, 0.1) is 5.82 Å². The third kappa shape index (κ3) is 4.66. The number of amides is 1. The molecule has 1 aliphatic carbocycles. The normalized spacial score (nSPS) is 19.1. The molecule has 1 saturated carbocycles. The van der Waals surface area contributed by atoms with E-state index in [0.717, 1.165) is 43.6 Å². The minimum Gasteiger partial charge on any atom is -0.491 e. The lowest BCUT2D eigenvalue weighted by molar-refractivity contribution is 0.0678. The first-order valence-electron chi connectivity index (χ1n) is 9.59. The highest BCUT2D eigenvalue weighted by Crippen LogP contribution is 2.30. The molecule has 0 radical (unpaired) electrons. The Bertz CT molecular complexity index is 800. The van der Waals surface area contributed by atoms with Gasteiger partial charge in [-0.1, -0.05) is 18.2 Å². The average Bonchev–Trinajstić information content (AvgIpc) is 3.39. The van der Waals surface area contributed by atoms with Crippen molar-refractivity contribution in [3.63, 3.8) is 0 Å². The highest BCUT2D eigenvalue weighted by atomic mass is 19.1. The number of ether oxygens (including phenoxy) is 2. The zero-order valence-electron chi connectivity index (χ0n) is 15.3. The van der Waals surface area contributed by atoms with Crippen molar-refractivity contribution < 1.29 is 18.7 Å². The lowest BCUT2D eigenvalue weighted by Gasteiger charge is -2.23. The van der Waals surface area contributed by atoms with Crippen molar-refractivity contribution in [2.75, 3.05) is 13.2 Å². The van der Waals surface area contributed by atoms with Gasteiger partial charge in [-0.3, -0.25) is 4.79 Å². The second-order valence-electron chi connectivity index (χ2n) is 7.27. The molecule has 4 nitrogen and oxygen atoms in total. The second-order valence-corrected chi connectivity index (χ2v) is 7.27. The molecule has 2 fully saturated rings. The zero-order valence-corrected chi connectivity index (χ0v) is 15.3. The first-order chi connectivity index (χ1) is 13.2. The Balaban J connectivity index is 1.44. The molecule has 1 heterocycles. The SMILES string of the molecule is O=C(c1cccc(F)c1)N(Cc1cccc(OC[C@@H]2CCCO2)c1)C1CC1. The molecule has 1 saturated heterocycles. The average molecular weight is 369 g/mol. The first kappa shape index (κ1) is 18.0. The molecule has 1 atom stereocenters. The largest absolute Gasteiger partial charge is 0.491 e. The van der Waals surface area contributed by atoms with Crippen LogP contribution in [-0.2, 0) is 11.3 Å². The summed E-state index contributed by atoms with van der Waals surface area (Å²) in [5.74, 6) is 0.278. The van der Waals surface area contributed by atoms with Crippen LogP contribution < -0.4 is 4.74 Å². The van der Waals surface area contributed by atoms with Crippen molar-refractivity contribution in [3.05, 3.63) is 65.5 Å². The van der Waals surface area contributed by atoms with E-state index in [2.05, 4.69) is 0 Å². The van der Waals surface area contributed by atoms with E-state index in [1.165, 1.54) is 12.1 Å². The van der Waals surface area contributed by atoms with Crippen molar-refractivity contribution in [1.82, 2.24) is 4.90 Å². The molecule has 142 valence electrons. The van der Waals surface area contributed by atoms with Crippen molar-refractivity contribution in [3.8, 4) is 5.75 Å². The molecule has 0 bridgehead atoms. The highest BCUT2D eigenvalue weighted by molar-refractivity contribution is 5.94. The van der Waals surface area contributed by atoms with E-state index in [4.69, 9.17) is 9.47 Å². The number of hydrogen-bond donors (Lipinski definition) is 0. The molecule has 0 unspecified atom stereocenters. The summed E-state index contributed by atoms with van der Waals surface area (Å²) in [4.78, 5) is 14.7. The Hall–Kier alpha value is -2.40. The maximum Gasteiger partial charge on any atom is 0.254 e. The molecule has 2 aromatic rings. The summed E-state index contributed by atoms with van der Waals surface area (Å²) in [6.07, 6.45) is 4.29. The number of carbonyl (C=O) groups is 1. The van der Waals surface area contributed by atoms with Gasteiger partial charge in [0.05, 0.1) is 6.10 Å². The smallest absolute Gasteiger partial charge is 0.254 e. The summed E-state index contributed by atoms with van der Waals surface area (Å²) < 4.78 is 25.0. The van der Waals surface area contributed by atoms with E-state index in [-0.39, 0.29) is 23.9 Å². The molecule has 2 aromatic carbocycles. The predicted octanol–water partition coefficient (Wildman–Crippen LogP) is 4.19. The van der Waals surface area contributed by atoms with Gasteiger partial charge >= 0.3 is 0 Å². The second kappa shape index (κ2) is 8.09. The number of carbonyl (C=O) groups excluding carboxylic acids is 1. The zero-order chi connectivity index (χ0) is 18.6. The lowest BCUT2D eigenvalue weighted by atomic mass is 10.1. The Morgan fingerprint density at radius 2 is 2.00 bits per heavy atom. The molecule has 1 amide bonds. The fourth-order valence-corrected chi connectivity index (χ4v) is 3.44. The van der Waals surface area contributed by atoms with Crippen molar-refractivity contribution >= 4 is 5.91 Å². The minimum absolute atomic E-state index is 0.123. The molecule has 5 heteroatoms. The fourth-order valence-electron chi connectivity index (χ4n) is 3.44. The Morgan fingerprint density at radius 1 is 1.15 bits per heavy atom. The van der Waals surface area contributed by atoms with Gasteiger partial charge in [0, 0.05) is 24.8 Å². The number of hydrogen-bond acceptors (Lipinski definition) is 3. The Kier molecular flexibility index (Phi) is 5.39. The summed E-state index contributed by atoms with van der Waals surface area (Å²) in [6.45, 7) is 1.86. The van der Waals surface area contributed by atoms with Gasteiger partial charge in [-0.05, 0) is 61.6 Å². The lowest BCUT2D eigenvalue weighted by Crippen LogP contribution is -2.32. The molecule has 0 N–H and O–H groups in total. The molecular weight excluding hydrogens is 345 g/mol. The maximum atomic E-state index is 13.5. The molecule has 4 rings (SSSR count). The quantitative estimate of drug-likeness (QED) is 0.735. The van der Waals surface area contributed by atoms with Gasteiger partial charge < -0.3 is 14.4 Å². The third-order valence-corrected chi connectivity index (χ3v) is 5.03. The van der Waals surface area contributed by atoms with Crippen LogP contribution in [-0.4, -0.2) is 36.2 Å². The van der Waals surface area contributed by atoms with Crippen LogP contribution in [0.1, 0.15) is 41.6 Å². The van der Waals surface area contributed by atoms with Gasteiger partial charge in [0.15, 0.2) is 0 Å². The summed E-state index contributed by atoms with van der Waals surface area (Å²) in [5, 5.41) is 0. The van der Waals surface area contributed by atoms with Crippen molar-refractivity contribution in [2.24, 2.45) is 0 Å². The van der Waals surface area contributed by atoms with E-state index >= 15 is 0 Å². The topological polar surface area (TPSA) is 38.8 Å². The van der Waals surface area contributed by atoms with E-state index < -0.39 is 0 Å². The predicted molar refractivity (Wildman–Crippen MR) is 100 cm³/mol. The van der Waals surface area contributed by atoms with Crippen molar-refractivity contribution in [1.29, 1.82) is 0 Å². The van der Waals surface area contributed by atoms with Crippen LogP contribution in [0.2, 0.25) is 0 Å². The minimum atomic E-state index is -0.388. The van der Waals surface area contributed by atoms with Crippen LogP contribution in [0.5, 0.6) is 5.75 Å². The highest BCUT2D eigenvalue weighted by Gasteiger charge is 2.33. The van der Waals surface area contributed by atoms with Crippen LogP contribution in [0.25, 0.3) is 0 Å². The van der Waals surface area contributed by atoms with E-state index in [1.807, 2.05) is 29.2 Å². The third-order valence-electron chi connectivity index (χ3n) is 5.03. The first-order valence-corrected chi connectivity index (χ1v) is 9.59. The fraction of sp³-hybridized carbons (Fsp3) is 0.409. The summed E-state index contributed by atoms with van der Waals surface area (Å²) in [5.41, 5.74) is 1.41. The monoisotopic (exact) mass is 369 g/mol. The summed E-state index contributed by atoms with van der Waals surface area (Å²) in [6, 6.07) is 14.0. The van der Waals surface area contributed by atoms with Gasteiger partial charge in [0.1, 0.15) is 18.2 Å². The summed E-state index contributed by atoms with van der Waals surface area (Å²) in [7, 11) is 0. The number of halogens is 1. The number of benzene rings is 2. The van der Waals surface area contributed by atoms with Gasteiger partial charge in [-0.2, -0.15) is 0 Å². The van der Waals surface area contributed by atoms with Crippen LogP contribution in [0.15, 0.2) is 48.5 Å². The van der Waals surface area contributed by atoms with E-state index in [9.17, 15) is 9.18 Å². The van der Waals surface area contributed by atoms with Crippen LogP contribution in [0.3, 0.4) is 0 Å². The number of nitrogens with zero attached hydrogens (tertiary/aromatic N) is 1. The molecule has 27 heavy (non-hydrogen) atoms. The number of rotatable bonds is 7. The Labute approximate surface area is 158 Å². The molecule has 1 aliphatic heterocycles. The van der Waals surface area contributed by atoms with E-state index in [1.54, 1.807) is 12.1 Å². The summed E-state index contributed by atoms with van der Waals surface area (Å²) >= 11 is 0. The van der Waals surface area contributed by atoms with Gasteiger partial charge in [0.25, 0.3) is 5.91 Å².